The van der Waals surface area contributed by atoms with Crippen molar-refractivity contribution in [1.29, 1.82) is 0 Å². The molecule has 0 heterocycles. The van der Waals surface area contributed by atoms with Crippen LogP contribution in [0, 0.1) is 5.92 Å². The van der Waals surface area contributed by atoms with Crippen molar-refractivity contribution in [3.63, 3.8) is 0 Å². The standard InChI is InChI=1S/C15H24N2/c1-2-9-17(11-13-7-8-13)12-15-6-4-3-5-14(15)10-16/h3-6,13H,2,7-12,16H2,1H3. The summed E-state index contributed by atoms with van der Waals surface area (Å²) in [5.74, 6) is 0.964. The maximum Gasteiger partial charge on any atom is 0.0237 e. The van der Waals surface area contributed by atoms with E-state index in [4.69, 9.17) is 5.73 Å². The summed E-state index contributed by atoms with van der Waals surface area (Å²) in [6, 6.07) is 8.57. The van der Waals surface area contributed by atoms with Gasteiger partial charge in [-0.3, -0.25) is 4.90 Å². The van der Waals surface area contributed by atoms with Crippen molar-refractivity contribution in [1.82, 2.24) is 4.90 Å². The molecule has 0 aliphatic heterocycles. The first-order valence-electron chi connectivity index (χ1n) is 6.82. The lowest BCUT2D eigenvalue weighted by Crippen LogP contribution is -2.27. The van der Waals surface area contributed by atoms with E-state index < -0.39 is 0 Å². The monoisotopic (exact) mass is 232 g/mol. The Kier molecular flexibility index (Phi) is 4.57. The van der Waals surface area contributed by atoms with E-state index in [9.17, 15) is 0 Å². The number of nitrogens with two attached hydrogens (primary N) is 1. The molecule has 0 atom stereocenters. The predicted octanol–water partition coefficient (Wildman–Crippen LogP) is 2.77. The fourth-order valence-corrected chi connectivity index (χ4v) is 2.37. The molecule has 0 aromatic heterocycles. The summed E-state index contributed by atoms with van der Waals surface area (Å²) in [5.41, 5.74) is 8.50. The first kappa shape index (κ1) is 12.6. The summed E-state index contributed by atoms with van der Waals surface area (Å²) in [4.78, 5) is 2.59. The van der Waals surface area contributed by atoms with Gasteiger partial charge in [0.1, 0.15) is 0 Å². The summed E-state index contributed by atoms with van der Waals surface area (Å²) >= 11 is 0. The Labute approximate surface area is 105 Å². The van der Waals surface area contributed by atoms with Gasteiger partial charge in [-0.25, -0.2) is 0 Å². The van der Waals surface area contributed by atoms with E-state index in [2.05, 4.69) is 36.1 Å². The molecule has 0 unspecified atom stereocenters. The van der Waals surface area contributed by atoms with Crippen LogP contribution >= 0.6 is 0 Å². The van der Waals surface area contributed by atoms with Crippen LogP contribution in [0.2, 0.25) is 0 Å². The molecule has 0 spiro atoms. The van der Waals surface area contributed by atoms with E-state index in [0.29, 0.717) is 6.54 Å². The molecule has 17 heavy (non-hydrogen) atoms. The van der Waals surface area contributed by atoms with Gasteiger partial charge < -0.3 is 5.73 Å². The number of nitrogens with zero attached hydrogens (tertiary/aromatic N) is 1. The minimum Gasteiger partial charge on any atom is -0.326 e. The second kappa shape index (κ2) is 6.18. The average molecular weight is 232 g/mol. The van der Waals surface area contributed by atoms with Crippen LogP contribution in [0.25, 0.3) is 0 Å². The molecular formula is C15H24N2. The summed E-state index contributed by atoms with van der Waals surface area (Å²) in [6.45, 7) is 6.45. The van der Waals surface area contributed by atoms with Gasteiger partial charge in [-0.2, -0.15) is 0 Å². The van der Waals surface area contributed by atoms with Gasteiger partial charge in [0.15, 0.2) is 0 Å². The van der Waals surface area contributed by atoms with E-state index in [1.165, 1.54) is 43.5 Å². The zero-order valence-corrected chi connectivity index (χ0v) is 10.9. The van der Waals surface area contributed by atoms with E-state index in [-0.39, 0.29) is 0 Å². The quantitative estimate of drug-likeness (QED) is 0.783. The van der Waals surface area contributed by atoms with Crippen molar-refractivity contribution in [3.8, 4) is 0 Å². The van der Waals surface area contributed by atoms with Gasteiger partial charge >= 0.3 is 0 Å². The number of benzene rings is 1. The summed E-state index contributed by atoms with van der Waals surface area (Å²) in [7, 11) is 0. The Morgan fingerprint density at radius 3 is 2.53 bits per heavy atom. The van der Waals surface area contributed by atoms with Crippen LogP contribution in [-0.4, -0.2) is 18.0 Å². The predicted molar refractivity (Wildman–Crippen MR) is 72.6 cm³/mol. The third kappa shape index (κ3) is 3.83. The lowest BCUT2D eigenvalue weighted by molar-refractivity contribution is 0.254. The van der Waals surface area contributed by atoms with E-state index in [1.54, 1.807) is 0 Å². The zero-order chi connectivity index (χ0) is 12.1. The van der Waals surface area contributed by atoms with Gasteiger partial charge in [-0.05, 0) is 42.9 Å². The van der Waals surface area contributed by atoms with Gasteiger partial charge in [0.2, 0.25) is 0 Å². The van der Waals surface area contributed by atoms with Gasteiger partial charge in [-0.15, -0.1) is 0 Å². The van der Waals surface area contributed by atoms with Crippen LogP contribution in [0.15, 0.2) is 24.3 Å². The molecule has 0 radical (unpaired) electrons. The molecule has 1 aromatic rings. The van der Waals surface area contributed by atoms with Crippen molar-refractivity contribution in [3.05, 3.63) is 35.4 Å². The Morgan fingerprint density at radius 1 is 1.24 bits per heavy atom. The third-order valence-electron chi connectivity index (χ3n) is 3.49. The molecule has 1 aliphatic rings. The summed E-state index contributed by atoms with van der Waals surface area (Å²) in [5, 5.41) is 0. The summed E-state index contributed by atoms with van der Waals surface area (Å²) in [6.07, 6.45) is 4.09. The van der Waals surface area contributed by atoms with Crippen molar-refractivity contribution < 1.29 is 0 Å². The molecule has 2 nitrogen and oxygen atoms in total. The minimum atomic E-state index is 0.652. The van der Waals surface area contributed by atoms with Gasteiger partial charge in [0, 0.05) is 19.6 Å². The van der Waals surface area contributed by atoms with Crippen LogP contribution in [0.4, 0.5) is 0 Å². The SMILES string of the molecule is CCCN(Cc1ccccc1CN)CC1CC1. The van der Waals surface area contributed by atoms with Crippen LogP contribution in [-0.2, 0) is 13.1 Å². The number of hydrogen-bond acceptors (Lipinski definition) is 2. The highest BCUT2D eigenvalue weighted by Gasteiger charge is 2.24. The highest BCUT2D eigenvalue weighted by molar-refractivity contribution is 5.26. The van der Waals surface area contributed by atoms with E-state index in [1.807, 2.05) is 0 Å². The van der Waals surface area contributed by atoms with Crippen LogP contribution in [0.1, 0.15) is 37.3 Å². The van der Waals surface area contributed by atoms with Gasteiger partial charge in [-0.1, -0.05) is 31.2 Å². The average Bonchev–Trinajstić information content (AvgIpc) is 3.14. The third-order valence-corrected chi connectivity index (χ3v) is 3.49. The Morgan fingerprint density at radius 2 is 1.94 bits per heavy atom. The molecule has 1 aliphatic carbocycles. The molecule has 94 valence electrons. The zero-order valence-electron chi connectivity index (χ0n) is 10.9. The maximum atomic E-state index is 5.80. The highest BCUT2D eigenvalue weighted by atomic mass is 15.1. The molecule has 0 saturated heterocycles. The van der Waals surface area contributed by atoms with Crippen molar-refractivity contribution in [2.45, 2.75) is 39.3 Å². The van der Waals surface area contributed by atoms with Crippen LogP contribution in [0.3, 0.4) is 0 Å². The minimum absolute atomic E-state index is 0.652. The van der Waals surface area contributed by atoms with Crippen molar-refractivity contribution in [2.24, 2.45) is 11.7 Å². The molecule has 2 N–H and O–H groups in total. The normalized spacial score (nSPS) is 15.5. The van der Waals surface area contributed by atoms with E-state index in [0.717, 1.165) is 12.5 Å². The van der Waals surface area contributed by atoms with Crippen molar-refractivity contribution >= 4 is 0 Å². The second-order valence-corrected chi connectivity index (χ2v) is 5.15. The van der Waals surface area contributed by atoms with Crippen LogP contribution in [0.5, 0.6) is 0 Å². The topological polar surface area (TPSA) is 29.3 Å². The van der Waals surface area contributed by atoms with Gasteiger partial charge in [0.25, 0.3) is 0 Å². The molecule has 0 bridgehead atoms. The van der Waals surface area contributed by atoms with Crippen LogP contribution < -0.4 is 5.73 Å². The highest BCUT2D eigenvalue weighted by Crippen LogP contribution is 2.30. The van der Waals surface area contributed by atoms with Crippen molar-refractivity contribution in [2.75, 3.05) is 13.1 Å². The Bertz CT molecular complexity index is 345. The number of rotatable bonds is 7. The number of hydrogen-bond donors (Lipinski definition) is 1. The summed E-state index contributed by atoms with van der Waals surface area (Å²) < 4.78 is 0. The van der Waals surface area contributed by atoms with E-state index >= 15 is 0 Å². The first-order chi connectivity index (χ1) is 8.33. The van der Waals surface area contributed by atoms with Gasteiger partial charge in [0.05, 0.1) is 0 Å². The molecular weight excluding hydrogens is 208 g/mol. The molecule has 1 aromatic carbocycles. The molecule has 2 rings (SSSR count). The fourth-order valence-electron chi connectivity index (χ4n) is 2.37. The smallest absolute Gasteiger partial charge is 0.0237 e. The first-order valence-corrected chi connectivity index (χ1v) is 6.82. The lowest BCUT2D eigenvalue weighted by atomic mass is 10.1. The maximum absolute atomic E-state index is 5.80. The lowest BCUT2D eigenvalue weighted by Gasteiger charge is -2.22. The molecule has 0 amide bonds. The fraction of sp³-hybridized carbons (Fsp3) is 0.600. The Balaban J connectivity index is 1.99. The Hall–Kier alpha value is -0.860. The second-order valence-electron chi connectivity index (χ2n) is 5.15. The molecule has 1 fully saturated rings. The molecule has 1 saturated carbocycles. The largest absolute Gasteiger partial charge is 0.326 e. The molecule has 2 heteroatoms.